The Morgan fingerprint density at radius 2 is 0.947 bits per heavy atom. The van der Waals surface area contributed by atoms with Crippen LogP contribution in [0.5, 0.6) is 23.3 Å². The number of aromatic nitrogens is 8. The van der Waals surface area contributed by atoms with Crippen LogP contribution in [-0.4, -0.2) is 142 Å². The molecule has 4 atom stereocenters. The van der Waals surface area contributed by atoms with Crippen molar-refractivity contribution in [2.45, 2.75) is 153 Å². The summed E-state index contributed by atoms with van der Waals surface area (Å²) < 4.78 is 31.1. The Balaban J connectivity index is 0.000000174. The van der Waals surface area contributed by atoms with Crippen LogP contribution in [0.1, 0.15) is 94.7 Å². The fraction of sp³-hybridized carbons (Fsp3) is 0.405. The van der Waals surface area contributed by atoms with Crippen LogP contribution in [0.3, 0.4) is 0 Å². The van der Waals surface area contributed by atoms with Crippen molar-refractivity contribution in [1.82, 2.24) is 40.3 Å². The summed E-state index contributed by atoms with van der Waals surface area (Å²) in [6.45, 7) is 19.6. The van der Waals surface area contributed by atoms with E-state index in [2.05, 4.69) is 168 Å². The third-order valence-corrected chi connectivity index (χ3v) is 24.5. The quantitative estimate of drug-likeness (QED) is 0.0602. The molecule has 4 aliphatic heterocycles. The molecule has 6 aromatic heterocycles. The maximum atomic E-state index is 8.91. The average Bonchev–Trinajstić information content (AvgIpc) is 1.69. The fourth-order valence-corrected chi connectivity index (χ4v) is 14.6. The highest BCUT2D eigenvalue weighted by atomic mass is 28.4. The van der Waals surface area contributed by atoms with E-state index in [9.17, 15) is 0 Å². The van der Waals surface area contributed by atoms with E-state index in [4.69, 9.17) is 39.9 Å². The lowest BCUT2D eigenvalue weighted by atomic mass is 9.92. The van der Waals surface area contributed by atoms with E-state index in [0.29, 0.717) is 54.2 Å². The maximum Gasteiger partial charge on any atom is 0.215 e. The van der Waals surface area contributed by atoms with Crippen LogP contribution < -0.4 is 50.0 Å². The van der Waals surface area contributed by atoms with Crippen molar-refractivity contribution < 1.29 is 28.5 Å². The Labute approximate surface area is 558 Å². The second-order valence-corrected chi connectivity index (χ2v) is 32.3. The fourth-order valence-electron chi connectivity index (χ4n) is 13.6. The van der Waals surface area contributed by atoms with E-state index >= 15 is 0 Å². The molecule has 14 rings (SSSR count). The van der Waals surface area contributed by atoms with E-state index in [1.165, 1.54) is 11.1 Å². The lowest BCUT2D eigenvalue weighted by molar-refractivity contribution is 0.00174. The zero-order valence-electron chi connectivity index (χ0n) is 55.5. The van der Waals surface area contributed by atoms with Gasteiger partial charge in [0.25, 0.3) is 0 Å². The molecule has 6 aliphatic rings. The average molecular weight is 1300 g/mol. The van der Waals surface area contributed by atoms with Crippen LogP contribution in [0.4, 0.5) is 34.4 Å². The second-order valence-electron chi connectivity index (χ2n) is 27.5. The highest BCUT2D eigenvalue weighted by Crippen LogP contribution is 2.43. The van der Waals surface area contributed by atoms with Crippen molar-refractivity contribution in [1.29, 1.82) is 0 Å². The summed E-state index contributed by atoms with van der Waals surface area (Å²) in [5.41, 5.74) is 24.9. The number of aliphatic hydroxyl groups excluding tert-OH is 1. The van der Waals surface area contributed by atoms with Crippen molar-refractivity contribution >= 4 is 54.9 Å². The van der Waals surface area contributed by atoms with Gasteiger partial charge in [-0.3, -0.25) is 9.97 Å². The van der Waals surface area contributed by atoms with Crippen molar-refractivity contribution in [3.05, 3.63) is 169 Å². The number of benzene rings is 2. The van der Waals surface area contributed by atoms with Crippen molar-refractivity contribution in [2.24, 2.45) is 0 Å². The topological polar surface area (TPSA) is 234 Å². The Morgan fingerprint density at radius 3 is 1.35 bits per heavy atom. The number of rotatable bonds is 20. The minimum absolute atomic E-state index is 0.00513. The van der Waals surface area contributed by atoms with Gasteiger partial charge in [0.15, 0.2) is 20.0 Å². The molecule has 95 heavy (non-hydrogen) atoms. The van der Waals surface area contributed by atoms with Gasteiger partial charge in [-0.15, -0.1) is 20.4 Å². The molecular formula is C74H88N14O6Si. The lowest BCUT2D eigenvalue weighted by Crippen LogP contribution is -2.54. The molecule has 0 radical (unpaired) electrons. The summed E-state index contributed by atoms with van der Waals surface area (Å²) in [5.74, 6) is 3.78. The number of nitrogens with two attached hydrogens (primary N) is 2. The van der Waals surface area contributed by atoms with Gasteiger partial charge in [-0.2, -0.15) is 0 Å². The predicted molar refractivity (Wildman–Crippen MR) is 378 cm³/mol. The number of aliphatic hydroxyl groups is 1. The summed E-state index contributed by atoms with van der Waals surface area (Å²) >= 11 is 0. The monoisotopic (exact) mass is 1300 g/mol. The normalized spacial score (nSPS) is 22.3. The molecule has 2 aromatic carbocycles. The summed E-state index contributed by atoms with van der Waals surface area (Å²) in [7, 11) is -1.76. The number of aryl methyl sites for hydroxylation is 2. The third kappa shape index (κ3) is 14.9. The highest BCUT2D eigenvalue weighted by Gasteiger charge is 2.44. The Morgan fingerprint density at radius 1 is 0.526 bits per heavy atom. The summed E-state index contributed by atoms with van der Waals surface area (Å²) in [6, 6.07) is 38.3. The van der Waals surface area contributed by atoms with E-state index in [1.807, 2.05) is 73.1 Å². The van der Waals surface area contributed by atoms with Crippen LogP contribution in [0.15, 0.2) is 146 Å². The molecule has 4 bridgehead atoms. The summed E-state index contributed by atoms with van der Waals surface area (Å²) in [6.07, 6.45) is 22.8. The molecule has 20 nitrogen and oxygen atoms in total. The van der Waals surface area contributed by atoms with Gasteiger partial charge in [-0.25, -0.2) is 9.97 Å². The minimum atomic E-state index is -1.76. The molecule has 2 saturated carbocycles. The number of nitrogen functional groups attached to an aromatic ring is 2. The number of fused-ring (bicyclic) bond motifs is 4. The van der Waals surface area contributed by atoms with E-state index in [1.54, 1.807) is 24.5 Å². The maximum absolute atomic E-state index is 8.91. The number of hydrogen-bond acceptors (Lipinski definition) is 20. The summed E-state index contributed by atoms with van der Waals surface area (Å²) in [4.78, 5) is 27.9. The van der Waals surface area contributed by atoms with Crippen molar-refractivity contribution in [3.63, 3.8) is 0 Å². The van der Waals surface area contributed by atoms with E-state index < -0.39 is 8.32 Å². The Hall–Kier alpha value is -9.18. The molecule has 21 heteroatoms. The molecule has 0 amide bonds. The molecule has 0 spiro atoms. The molecular weight excluding hydrogens is 1210 g/mol. The summed E-state index contributed by atoms with van der Waals surface area (Å²) in [5, 5.41) is 26.6. The van der Waals surface area contributed by atoms with Gasteiger partial charge in [-0.1, -0.05) is 81.5 Å². The molecule has 8 aromatic rings. The van der Waals surface area contributed by atoms with Gasteiger partial charge >= 0.3 is 0 Å². The van der Waals surface area contributed by atoms with Gasteiger partial charge in [0, 0.05) is 123 Å². The van der Waals surface area contributed by atoms with Crippen LogP contribution in [0.25, 0.3) is 34.7 Å². The lowest BCUT2D eigenvalue weighted by Gasteiger charge is -2.43. The number of ether oxygens (including phenoxy) is 4. The first-order valence-electron chi connectivity index (χ1n) is 33.5. The smallest absolute Gasteiger partial charge is 0.215 e. The number of pyridine rings is 4. The predicted octanol–water partition coefficient (Wildman–Crippen LogP) is 12.4. The number of piperazine rings is 2. The minimum Gasteiger partial charge on any atom is -0.489 e. The van der Waals surface area contributed by atoms with Crippen LogP contribution >= 0.6 is 0 Å². The van der Waals surface area contributed by atoms with Crippen LogP contribution in [0.2, 0.25) is 18.1 Å². The van der Waals surface area contributed by atoms with Gasteiger partial charge < -0.3 is 59.5 Å². The molecule has 494 valence electrons. The zero-order valence-corrected chi connectivity index (χ0v) is 56.5. The second kappa shape index (κ2) is 28.0. The largest absolute Gasteiger partial charge is 0.489 e. The molecule has 5 N–H and O–H groups in total. The van der Waals surface area contributed by atoms with Gasteiger partial charge in [-0.05, 0) is 129 Å². The third-order valence-electron chi connectivity index (χ3n) is 20.0. The van der Waals surface area contributed by atoms with Crippen molar-refractivity contribution in [2.75, 3.05) is 70.5 Å². The molecule has 2 aliphatic carbocycles. The van der Waals surface area contributed by atoms with Gasteiger partial charge in [0.05, 0.1) is 59.8 Å². The SMILES string of the molecule is Cc1ccccc1-c1cc(N2CC3CCC(C2)N3c2ccnc(OC3CC(Oc4ccc(C=CCO)nc4)C3)c2)c(N)nn1.Cc1ccccc1-c1cc(N2CC3CCC(C2)N3c2ccnc(OC3CC(Oc4ccc(C=CCO[Si](C)(C)C(C)(C)C)nc4)C3)c2)c(N)nn1. The Bertz CT molecular complexity index is 3980. The highest BCUT2D eigenvalue weighted by molar-refractivity contribution is 6.74. The van der Waals surface area contributed by atoms with E-state index in [-0.39, 0.29) is 36.1 Å². The standard InChI is InChI=1S/C40H51N7O3Si.C34H37N7O3/c1-27-10-7-8-12-35(27)36-23-37(39(41)45-44-36)46-25-30-14-15-31(26-46)47(30)29-17-18-42-38(20-29)50-34-21-33(22-34)49-32-16-13-28(43-24-32)11-9-19-48-51(5,6)40(2,3)4;1-22-5-2-3-7-30(22)31-18-32(34(35)39-38-31)40-20-25-9-10-26(21-40)41(25)24-12-13-36-33(15-24)44-29-16-28(17-29)43-27-11-8-23(37-19-27)6-4-14-42/h7-13,16-18,20,23-24,30-31,33-34H,14-15,19,21-22,25-26H2,1-6H3,(H2,41,45);2-8,11-13,15,18-19,25-26,28-29,42H,9-10,14,16-17,20-21H2,1H3,(H2,35,39). The Kier molecular flexibility index (Phi) is 19.0. The first-order chi connectivity index (χ1) is 46.0. The van der Waals surface area contributed by atoms with Gasteiger partial charge in [0.2, 0.25) is 11.8 Å². The van der Waals surface area contributed by atoms with Crippen LogP contribution in [-0.2, 0) is 4.43 Å². The molecule has 4 unspecified atom stereocenters. The van der Waals surface area contributed by atoms with Crippen molar-refractivity contribution in [3.8, 4) is 45.8 Å². The first kappa shape index (κ1) is 64.5. The zero-order chi connectivity index (χ0) is 65.8. The van der Waals surface area contributed by atoms with Gasteiger partial charge in [0.1, 0.15) is 35.9 Å². The number of hydrogen-bond donors (Lipinski definition) is 3. The van der Waals surface area contributed by atoms with Crippen LogP contribution in [0, 0.1) is 13.8 Å². The number of anilines is 6. The number of nitrogens with zero attached hydrogens (tertiary/aromatic N) is 12. The molecule has 6 fully saturated rings. The van der Waals surface area contributed by atoms with E-state index in [0.717, 1.165) is 146 Å². The molecule has 4 saturated heterocycles. The molecule has 10 heterocycles. The first-order valence-corrected chi connectivity index (χ1v) is 36.4.